The number of carbonyl (C=O) groups is 1. The molecule has 1 amide bonds. The summed E-state index contributed by atoms with van der Waals surface area (Å²) < 4.78 is 15.2. The van der Waals surface area contributed by atoms with Crippen LogP contribution in [0, 0.1) is 0 Å². The Bertz CT molecular complexity index is 482. The van der Waals surface area contributed by atoms with Gasteiger partial charge < -0.3 is 25.3 Å². The molecule has 0 aliphatic rings. The third-order valence-corrected chi connectivity index (χ3v) is 3.23. The number of anilines is 1. The van der Waals surface area contributed by atoms with Gasteiger partial charge in [0.05, 0.1) is 31.0 Å². The number of carbonyl (C=O) groups excluding carboxylic acids is 1. The molecule has 118 valence electrons. The van der Waals surface area contributed by atoms with Crippen molar-refractivity contribution in [1.29, 1.82) is 0 Å². The van der Waals surface area contributed by atoms with Gasteiger partial charge in [-0.15, -0.1) is 0 Å². The van der Waals surface area contributed by atoms with Crippen LogP contribution < -0.4 is 20.5 Å². The predicted octanol–water partition coefficient (Wildman–Crippen LogP) is 2.05. The highest BCUT2D eigenvalue weighted by Gasteiger charge is 2.17. The zero-order valence-electron chi connectivity index (χ0n) is 12.4. The summed E-state index contributed by atoms with van der Waals surface area (Å²) in [5.74, 6) is 0.621. The van der Waals surface area contributed by atoms with E-state index in [9.17, 15) is 4.79 Å². The number of benzene rings is 1. The van der Waals surface area contributed by atoms with Crippen molar-refractivity contribution in [3.05, 3.63) is 17.2 Å². The normalized spacial score (nSPS) is 11.9. The Hall–Kier alpha value is -1.50. The van der Waals surface area contributed by atoms with Crippen LogP contribution >= 0.6 is 11.6 Å². The first-order valence-electron chi connectivity index (χ1n) is 6.50. The number of rotatable bonds is 8. The summed E-state index contributed by atoms with van der Waals surface area (Å²) in [4.78, 5) is 12.0. The second-order valence-corrected chi connectivity index (χ2v) is 4.83. The molecule has 0 heterocycles. The lowest BCUT2D eigenvalue weighted by atomic mass is 10.1. The van der Waals surface area contributed by atoms with E-state index in [2.05, 4.69) is 5.32 Å². The molecule has 1 aromatic rings. The molecule has 1 rings (SSSR count). The van der Waals surface area contributed by atoms with Crippen molar-refractivity contribution in [3.8, 4) is 11.5 Å². The number of halogens is 1. The average Bonchev–Trinajstić information content (AvgIpc) is 2.47. The van der Waals surface area contributed by atoms with Crippen LogP contribution in [0.2, 0.25) is 5.02 Å². The third kappa shape index (κ3) is 5.08. The van der Waals surface area contributed by atoms with Crippen LogP contribution in [0.4, 0.5) is 5.69 Å². The van der Waals surface area contributed by atoms with E-state index in [0.717, 1.165) is 0 Å². The molecule has 21 heavy (non-hydrogen) atoms. The maximum absolute atomic E-state index is 12.0. The van der Waals surface area contributed by atoms with Crippen LogP contribution in [0.1, 0.15) is 12.8 Å². The first-order valence-corrected chi connectivity index (χ1v) is 6.88. The van der Waals surface area contributed by atoms with Crippen LogP contribution in [0.15, 0.2) is 12.1 Å². The third-order valence-electron chi connectivity index (χ3n) is 2.93. The first kappa shape index (κ1) is 17.6. The minimum atomic E-state index is -0.620. The summed E-state index contributed by atoms with van der Waals surface area (Å²) in [5, 5.41) is 3.09. The minimum Gasteiger partial charge on any atom is -0.495 e. The van der Waals surface area contributed by atoms with Crippen molar-refractivity contribution < 1.29 is 19.0 Å². The van der Waals surface area contributed by atoms with Gasteiger partial charge in [0.25, 0.3) is 0 Å². The number of methoxy groups -OCH3 is 3. The number of amides is 1. The molecule has 0 bridgehead atoms. The summed E-state index contributed by atoms with van der Waals surface area (Å²) in [6.07, 6.45) is 1.25. The standard InChI is InChI=1S/C14H21ClN2O4/c1-19-6-4-5-10(16)14(18)17-11-7-9(15)12(20-2)8-13(11)21-3/h7-8,10H,4-6,16H2,1-3H3,(H,17,18). The molecule has 0 aliphatic heterocycles. The number of hydrogen-bond donors (Lipinski definition) is 2. The van der Waals surface area contributed by atoms with E-state index in [4.69, 9.17) is 31.5 Å². The van der Waals surface area contributed by atoms with Gasteiger partial charge in [0.15, 0.2) is 0 Å². The molecule has 0 saturated heterocycles. The Balaban J connectivity index is 2.77. The molecule has 0 fully saturated rings. The fraction of sp³-hybridized carbons (Fsp3) is 0.500. The van der Waals surface area contributed by atoms with Crippen molar-refractivity contribution in [3.63, 3.8) is 0 Å². The second-order valence-electron chi connectivity index (χ2n) is 4.42. The van der Waals surface area contributed by atoms with E-state index in [0.29, 0.717) is 41.7 Å². The van der Waals surface area contributed by atoms with E-state index < -0.39 is 6.04 Å². The highest BCUT2D eigenvalue weighted by atomic mass is 35.5. The molecule has 0 spiro atoms. The molecule has 0 saturated carbocycles. The molecular weight excluding hydrogens is 296 g/mol. The average molecular weight is 317 g/mol. The van der Waals surface area contributed by atoms with Crippen molar-refractivity contribution in [1.82, 2.24) is 0 Å². The van der Waals surface area contributed by atoms with Gasteiger partial charge in [-0.05, 0) is 18.9 Å². The fourth-order valence-corrected chi connectivity index (χ4v) is 2.00. The van der Waals surface area contributed by atoms with E-state index in [1.807, 2.05) is 0 Å². The maximum Gasteiger partial charge on any atom is 0.241 e. The molecular formula is C14H21ClN2O4. The van der Waals surface area contributed by atoms with E-state index in [1.54, 1.807) is 19.2 Å². The number of hydrogen-bond acceptors (Lipinski definition) is 5. The Morgan fingerprint density at radius 1 is 1.29 bits per heavy atom. The summed E-state index contributed by atoms with van der Waals surface area (Å²) in [6, 6.07) is 2.55. The Labute approximate surface area is 129 Å². The molecule has 3 N–H and O–H groups in total. The Morgan fingerprint density at radius 2 is 1.95 bits per heavy atom. The van der Waals surface area contributed by atoms with Crippen LogP contribution in [0.3, 0.4) is 0 Å². The molecule has 0 aliphatic carbocycles. The van der Waals surface area contributed by atoms with Gasteiger partial charge in [0.2, 0.25) is 5.91 Å². The van der Waals surface area contributed by atoms with Gasteiger partial charge in [0, 0.05) is 19.8 Å². The van der Waals surface area contributed by atoms with Crippen molar-refractivity contribution >= 4 is 23.2 Å². The van der Waals surface area contributed by atoms with Gasteiger partial charge in [0.1, 0.15) is 11.5 Å². The van der Waals surface area contributed by atoms with Crippen molar-refractivity contribution in [2.75, 3.05) is 33.3 Å². The molecule has 1 unspecified atom stereocenters. The molecule has 7 heteroatoms. The molecule has 1 atom stereocenters. The van der Waals surface area contributed by atoms with Crippen molar-refractivity contribution in [2.45, 2.75) is 18.9 Å². The van der Waals surface area contributed by atoms with E-state index in [1.165, 1.54) is 14.2 Å². The van der Waals surface area contributed by atoms with Gasteiger partial charge >= 0.3 is 0 Å². The molecule has 6 nitrogen and oxygen atoms in total. The maximum atomic E-state index is 12.0. The highest BCUT2D eigenvalue weighted by molar-refractivity contribution is 6.32. The summed E-state index contributed by atoms with van der Waals surface area (Å²) in [7, 11) is 4.61. The van der Waals surface area contributed by atoms with Crippen LogP contribution in [-0.2, 0) is 9.53 Å². The SMILES string of the molecule is COCCCC(N)C(=O)Nc1cc(Cl)c(OC)cc1OC. The Kier molecular flexibility index (Phi) is 7.28. The van der Waals surface area contributed by atoms with Crippen molar-refractivity contribution in [2.24, 2.45) is 5.73 Å². The van der Waals surface area contributed by atoms with Crippen LogP contribution in [-0.4, -0.2) is 39.9 Å². The summed E-state index contributed by atoms with van der Waals surface area (Å²) in [6.45, 7) is 0.568. The zero-order chi connectivity index (χ0) is 15.8. The van der Waals surface area contributed by atoms with Crippen LogP contribution in [0.5, 0.6) is 11.5 Å². The largest absolute Gasteiger partial charge is 0.495 e. The second kappa shape index (κ2) is 8.71. The lowest BCUT2D eigenvalue weighted by molar-refractivity contribution is -0.117. The smallest absolute Gasteiger partial charge is 0.241 e. The highest BCUT2D eigenvalue weighted by Crippen LogP contribution is 2.35. The van der Waals surface area contributed by atoms with E-state index in [-0.39, 0.29) is 5.91 Å². The first-order chi connectivity index (χ1) is 10.0. The van der Waals surface area contributed by atoms with Gasteiger partial charge in [-0.3, -0.25) is 4.79 Å². The monoisotopic (exact) mass is 316 g/mol. The number of ether oxygens (including phenoxy) is 3. The number of nitrogens with two attached hydrogens (primary N) is 1. The Morgan fingerprint density at radius 3 is 2.52 bits per heavy atom. The topological polar surface area (TPSA) is 82.8 Å². The summed E-state index contributed by atoms with van der Waals surface area (Å²) in [5.41, 5.74) is 6.28. The van der Waals surface area contributed by atoms with Gasteiger partial charge in [-0.2, -0.15) is 0 Å². The number of nitrogens with one attached hydrogen (secondary N) is 1. The molecule has 0 aromatic heterocycles. The quantitative estimate of drug-likeness (QED) is 0.717. The summed E-state index contributed by atoms with van der Waals surface area (Å²) >= 11 is 6.04. The molecule has 1 aromatic carbocycles. The lowest BCUT2D eigenvalue weighted by Gasteiger charge is -2.15. The van der Waals surface area contributed by atoms with E-state index >= 15 is 0 Å². The lowest BCUT2D eigenvalue weighted by Crippen LogP contribution is -2.35. The zero-order valence-corrected chi connectivity index (χ0v) is 13.2. The minimum absolute atomic E-state index is 0.300. The van der Waals surface area contributed by atoms with Gasteiger partial charge in [-0.25, -0.2) is 0 Å². The fourth-order valence-electron chi connectivity index (χ4n) is 1.76. The van der Waals surface area contributed by atoms with Gasteiger partial charge in [-0.1, -0.05) is 11.6 Å². The molecule has 0 radical (unpaired) electrons. The predicted molar refractivity (Wildman–Crippen MR) is 82.3 cm³/mol. The van der Waals surface area contributed by atoms with Crippen LogP contribution in [0.25, 0.3) is 0 Å².